The summed E-state index contributed by atoms with van der Waals surface area (Å²) in [4.78, 5) is 28.8. The van der Waals surface area contributed by atoms with E-state index < -0.39 is 18.2 Å². The maximum Gasteiger partial charge on any atom is 0.509 e. The third-order valence-corrected chi connectivity index (χ3v) is 6.02. The fraction of sp³-hybridized carbons (Fsp3) is 0.320. The van der Waals surface area contributed by atoms with Crippen molar-refractivity contribution in [1.82, 2.24) is 4.98 Å². The van der Waals surface area contributed by atoms with Crippen LogP contribution in [-0.2, 0) is 27.3 Å². The van der Waals surface area contributed by atoms with Crippen molar-refractivity contribution < 1.29 is 23.8 Å². The quantitative estimate of drug-likeness (QED) is 0.395. The lowest BCUT2D eigenvalue weighted by atomic mass is 10.1. The Morgan fingerprint density at radius 2 is 1.82 bits per heavy atom. The number of benzene rings is 2. The van der Waals surface area contributed by atoms with E-state index in [1.165, 1.54) is 0 Å². The van der Waals surface area contributed by atoms with Gasteiger partial charge in [-0.2, -0.15) is 0 Å². The molecule has 0 aliphatic heterocycles. The van der Waals surface area contributed by atoms with Gasteiger partial charge in [0.1, 0.15) is 17.4 Å². The number of rotatable bonds is 11. The fourth-order valence-electron chi connectivity index (χ4n) is 3.19. The molecule has 1 unspecified atom stereocenters. The monoisotopic (exact) mass is 468 g/mol. The maximum atomic E-state index is 11.5. The Balaban J connectivity index is 1.48. The Kier molecular flexibility index (Phi) is 8.83. The predicted octanol–water partition coefficient (Wildman–Crippen LogP) is 5.05. The minimum absolute atomic E-state index is 0.176. The molecular weight excluding hydrogens is 440 g/mol. The first-order valence-corrected chi connectivity index (χ1v) is 11.6. The average molecular weight is 469 g/mol. The zero-order valence-corrected chi connectivity index (χ0v) is 19.6. The molecule has 0 bridgehead atoms. The number of primary amides is 1. The van der Waals surface area contributed by atoms with Gasteiger partial charge >= 0.3 is 6.16 Å². The second-order valence-corrected chi connectivity index (χ2v) is 8.61. The van der Waals surface area contributed by atoms with E-state index in [0.717, 1.165) is 32.5 Å². The van der Waals surface area contributed by atoms with Crippen molar-refractivity contribution in [2.45, 2.75) is 45.8 Å². The summed E-state index contributed by atoms with van der Waals surface area (Å²) in [6.07, 6.45) is -0.197. The van der Waals surface area contributed by atoms with Gasteiger partial charge in [-0.15, -0.1) is 11.3 Å². The van der Waals surface area contributed by atoms with Gasteiger partial charge in [0, 0.05) is 10.4 Å². The number of aryl methyl sites for hydroxylation is 2. The summed E-state index contributed by atoms with van der Waals surface area (Å²) in [6.45, 7) is 4.29. The Hall–Kier alpha value is -3.39. The molecule has 33 heavy (non-hydrogen) atoms. The van der Waals surface area contributed by atoms with E-state index in [9.17, 15) is 9.59 Å². The summed E-state index contributed by atoms with van der Waals surface area (Å²) < 4.78 is 15.6. The van der Waals surface area contributed by atoms with Gasteiger partial charge in [-0.05, 0) is 50.8 Å². The first kappa shape index (κ1) is 24.3. The molecule has 7 nitrogen and oxygen atoms in total. The van der Waals surface area contributed by atoms with Gasteiger partial charge in [-0.1, -0.05) is 42.5 Å². The number of hydrogen-bond donors (Lipinski definition) is 1. The van der Waals surface area contributed by atoms with Crippen molar-refractivity contribution in [2.24, 2.45) is 5.73 Å². The third-order valence-electron chi connectivity index (χ3n) is 4.96. The van der Waals surface area contributed by atoms with Crippen LogP contribution in [0.2, 0.25) is 0 Å². The highest BCUT2D eigenvalue weighted by molar-refractivity contribution is 7.15. The SMILES string of the molecule is CCOC(=O)OC(CCCc1ccc(OCc2nc(-c3ccccc3)sc2C)cc1)C(N)=O. The molecule has 2 aromatic carbocycles. The fourth-order valence-corrected chi connectivity index (χ4v) is 4.11. The standard InChI is InChI=1S/C25H28N2O5S/c1-3-30-25(29)32-22(23(26)28)11-7-8-18-12-14-20(15-13-18)31-16-21-17(2)33-24(27-21)19-9-5-4-6-10-19/h4-6,9-10,12-15,22H,3,7-8,11,16H2,1-2H3,(H2,26,28). The number of hydrogen-bond acceptors (Lipinski definition) is 7. The van der Waals surface area contributed by atoms with Crippen LogP contribution in [-0.4, -0.2) is 29.8 Å². The number of nitrogens with two attached hydrogens (primary N) is 1. The van der Waals surface area contributed by atoms with Gasteiger partial charge in [0.25, 0.3) is 5.91 Å². The van der Waals surface area contributed by atoms with Crippen molar-refractivity contribution in [2.75, 3.05) is 6.61 Å². The van der Waals surface area contributed by atoms with Crippen LogP contribution in [0, 0.1) is 6.92 Å². The van der Waals surface area contributed by atoms with E-state index in [2.05, 4.69) is 19.1 Å². The number of aromatic nitrogens is 1. The second kappa shape index (κ2) is 12.0. The van der Waals surface area contributed by atoms with Crippen LogP contribution in [0.1, 0.15) is 35.9 Å². The topological polar surface area (TPSA) is 101 Å². The van der Waals surface area contributed by atoms with Crippen LogP contribution < -0.4 is 10.5 Å². The Morgan fingerprint density at radius 3 is 2.48 bits per heavy atom. The normalized spacial score (nSPS) is 11.6. The highest BCUT2D eigenvalue weighted by Crippen LogP contribution is 2.28. The first-order chi connectivity index (χ1) is 16.0. The van der Waals surface area contributed by atoms with Gasteiger partial charge in [-0.25, -0.2) is 9.78 Å². The van der Waals surface area contributed by atoms with Crippen LogP contribution in [0.3, 0.4) is 0 Å². The number of nitrogens with zero attached hydrogens (tertiary/aromatic N) is 1. The van der Waals surface area contributed by atoms with Crippen molar-refractivity contribution in [1.29, 1.82) is 0 Å². The van der Waals surface area contributed by atoms with E-state index in [-0.39, 0.29) is 6.61 Å². The molecule has 1 heterocycles. The average Bonchev–Trinajstić information content (AvgIpc) is 3.19. The zero-order valence-electron chi connectivity index (χ0n) is 18.8. The minimum atomic E-state index is -0.992. The number of carbonyl (C=O) groups excluding carboxylic acids is 2. The van der Waals surface area contributed by atoms with Gasteiger partial charge in [-0.3, -0.25) is 4.79 Å². The van der Waals surface area contributed by atoms with Crippen LogP contribution in [0.15, 0.2) is 54.6 Å². The van der Waals surface area contributed by atoms with Crippen molar-refractivity contribution >= 4 is 23.4 Å². The molecule has 1 atom stereocenters. The van der Waals surface area contributed by atoms with E-state index >= 15 is 0 Å². The minimum Gasteiger partial charge on any atom is -0.487 e. The summed E-state index contributed by atoms with van der Waals surface area (Å²) >= 11 is 1.66. The van der Waals surface area contributed by atoms with Crippen LogP contribution in [0.25, 0.3) is 10.6 Å². The van der Waals surface area contributed by atoms with Gasteiger partial charge < -0.3 is 19.9 Å². The lowest BCUT2D eigenvalue weighted by Crippen LogP contribution is -2.33. The lowest BCUT2D eigenvalue weighted by molar-refractivity contribution is -0.128. The first-order valence-electron chi connectivity index (χ1n) is 10.8. The summed E-state index contributed by atoms with van der Waals surface area (Å²) in [5.74, 6) is 0.0765. The molecule has 0 spiro atoms. The van der Waals surface area contributed by atoms with E-state index in [1.807, 2.05) is 42.5 Å². The van der Waals surface area contributed by atoms with Crippen molar-refractivity contribution in [3.05, 3.63) is 70.7 Å². The summed E-state index contributed by atoms with van der Waals surface area (Å²) in [5.41, 5.74) is 8.43. The summed E-state index contributed by atoms with van der Waals surface area (Å²) in [7, 11) is 0. The molecule has 174 valence electrons. The molecule has 0 fully saturated rings. The molecule has 0 radical (unpaired) electrons. The Morgan fingerprint density at radius 1 is 1.09 bits per heavy atom. The molecule has 0 saturated heterocycles. The van der Waals surface area contributed by atoms with E-state index in [4.69, 9.17) is 24.9 Å². The highest BCUT2D eigenvalue weighted by atomic mass is 32.1. The molecule has 1 amide bonds. The number of amides is 1. The molecule has 2 N–H and O–H groups in total. The van der Waals surface area contributed by atoms with Crippen LogP contribution in [0.5, 0.6) is 5.75 Å². The number of ether oxygens (including phenoxy) is 3. The third kappa shape index (κ3) is 7.32. The van der Waals surface area contributed by atoms with Crippen LogP contribution in [0.4, 0.5) is 4.79 Å². The number of thiazole rings is 1. The molecule has 0 aliphatic carbocycles. The molecule has 8 heteroatoms. The van der Waals surface area contributed by atoms with Crippen molar-refractivity contribution in [3.63, 3.8) is 0 Å². The molecular formula is C25H28N2O5S. The van der Waals surface area contributed by atoms with Gasteiger partial charge in [0.15, 0.2) is 6.10 Å². The molecule has 3 rings (SSSR count). The van der Waals surface area contributed by atoms with Gasteiger partial charge in [0.2, 0.25) is 0 Å². The predicted molar refractivity (Wildman–Crippen MR) is 127 cm³/mol. The molecule has 3 aromatic rings. The second-order valence-electron chi connectivity index (χ2n) is 7.40. The highest BCUT2D eigenvalue weighted by Gasteiger charge is 2.20. The smallest absolute Gasteiger partial charge is 0.487 e. The largest absolute Gasteiger partial charge is 0.509 e. The summed E-state index contributed by atoms with van der Waals surface area (Å²) in [5, 5.41) is 0.989. The molecule has 0 aliphatic rings. The maximum absolute atomic E-state index is 11.5. The van der Waals surface area contributed by atoms with E-state index in [0.29, 0.717) is 25.9 Å². The zero-order chi connectivity index (χ0) is 23.6. The Labute approximate surface area is 197 Å². The van der Waals surface area contributed by atoms with Crippen LogP contribution >= 0.6 is 11.3 Å². The van der Waals surface area contributed by atoms with E-state index in [1.54, 1.807) is 18.3 Å². The summed E-state index contributed by atoms with van der Waals surface area (Å²) in [6, 6.07) is 17.9. The van der Waals surface area contributed by atoms with Gasteiger partial charge in [0.05, 0.1) is 12.3 Å². The van der Waals surface area contributed by atoms with Crippen molar-refractivity contribution in [3.8, 4) is 16.3 Å². The Bertz CT molecular complexity index is 1050. The number of carbonyl (C=O) groups is 2. The molecule has 1 aromatic heterocycles. The molecule has 0 saturated carbocycles. The lowest BCUT2D eigenvalue weighted by Gasteiger charge is -2.14.